The summed E-state index contributed by atoms with van der Waals surface area (Å²) in [5.41, 5.74) is 0. The highest BCUT2D eigenvalue weighted by molar-refractivity contribution is 7.17. The molecular weight excluding hydrogens is 268 g/mol. The molecule has 1 aromatic heterocycles. The smallest absolute Gasteiger partial charge is 0.262 e. The average Bonchev–Trinajstić information content (AvgIpc) is 2.83. The molecule has 1 aromatic rings. The van der Waals surface area contributed by atoms with Crippen LogP contribution in [-0.4, -0.2) is 11.9 Å². The van der Waals surface area contributed by atoms with Crippen molar-refractivity contribution in [3.05, 3.63) is 21.3 Å². The fourth-order valence-electron chi connectivity index (χ4n) is 2.37. The van der Waals surface area contributed by atoms with Crippen molar-refractivity contribution < 1.29 is 4.79 Å². The SMILES string of the molecule is N#CC(NC(=O)c1ccc(Cl)s1)C1CCCCC1. The van der Waals surface area contributed by atoms with Gasteiger partial charge in [0.1, 0.15) is 6.04 Å². The number of hydrogen-bond donors (Lipinski definition) is 1. The van der Waals surface area contributed by atoms with Crippen LogP contribution in [0.25, 0.3) is 0 Å². The zero-order valence-corrected chi connectivity index (χ0v) is 11.6. The molecule has 5 heteroatoms. The molecule has 2 rings (SSSR count). The minimum Gasteiger partial charge on any atom is -0.335 e. The summed E-state index contributed by atoms with van der Waals surface area (Å²) in [6.45, 7) is 0. The third-order valence-electron chi connectivity index (χ3n) is 3.34. The maximum Gasteiger partial charge on any atom is 0.262 e. The molecule has 1 N–H and O–H groups in total. The first-order chi connectivity index (χ1) is 8.70. The Hall–Kier alpha value is -1.05. The molecule has 1 fully saturated rings. The van der Waals surface area contributed by atoms with Gasteiger partial charge in [0.05, 0.1) is 15.3 Å². The Morgan fingerprint density at radius 2 is 2.17 bits per heavy atom. The number of halogens is 1. The van der Waals surface area contributed by atoms with Crippen molar-refractivity contribution in [2.24, 2.45) is 5.92 Å². The topological polar surface area (TPSA) is 52.9 Å². The first kappa shape index (κ1) is 13.4. The predicted octanol–water partition coefficient (Wildman–Crippen LogP) is 3.60. The van der Waals surface area contributed by atoms with Crippen molar-refractivity contribution in [2.45, 2.75) is 38.1 Å². The van der Waals surface area contributed by atoms with Crippen LogP contribution in [0.3, 0.4) is 0 Å². The number of nitrogens with zero attached hydrogens (tertiary/aromatic N) is 1. The number of amides is 1. The van der Waals surface area contributed by atoms with E-state index in [1.165, 1.54) is 17.8 Å². The van der Waals surface area contributed by atoms with Crippen LogP contribution in [0.15, 0.2) is 12.1 Å². The molecule has 1 aliphatic rings. The molecular formula is C13H15ClN2OS. The van der Waals surface area contributed by atoms with Gasteiger partial charge < -0.3 is 5.32 Å². The van der Waals surface area contributed by atoms with Crippen LogP contribution < -0.4 is 5.32 Å². The number of carbonyl (C=O) groups is 1. The average molecular weight is 283 g/mol. The Labute approximate surface area is 116 Å². The van der Waals surface area contributed by atoms with Crippen molar-refractivity contribution in [1.82, 2.24) is 5.32 Å². The summed E-state index contributed by atoms with van der Waals surface area (Å²) in [6.07, 6.45) is 5.61. The second-order valence-corrected chi connectivity index (χ2v) is 6.30. The van der Waals surface area contributed by atoms with Crippen LogP contribution in [0.4, 0.5) is 0 Å². The van der Waals surface area contributed by atoms with Crippen molar-refractivity contribution in [1.29, 1.82) is 5.26 Å². The summed E-state index contributed by atoms with van der Waals surface area (Å²) in [5.74, 6) is 0.104. The lowest BCUT2D eigenvalue weighted by molar-refractivity contribution is 0.0933. The van der Waals surface area contributed by atoms with E-state index in [9.17, 15) is 10.1 Å². The molecule has 96 valence electrons. The Morgan fingerprint density at radius 1 is 1.44 bits per heavy atom. The number of hydrogen-bond acceptors (Lipinski definition) is 3. The van der Waals surface area contributed by atoms with E-state index < -0.39 is 0 Å². The summed E-state index contributed by atoms with van der Waals surface area (Å²) in [6, 6.07) is 5.23. The van der Waals surface area contributed by atoms with Gasteiger partial charge in [-0.25, -0.2) is 0 Å². The molecule has 0 radical (unpaired) electrons. The van der Waals surface area contributed by atoms with Gasteiger partial charge in [0.2, 0.25) is 0 Å². The molecule has 0 saturated heterocycles. The standard InChI is InChI=1S/C13H15ClN2OS/c14-12-7-6-11(18-12)13(17)16-10(8-15)9-4-2-1-3-5-9/h6-7,9-10H,1-5H2,(H,16,17). The summed E-state index contributed by atoms with van der Waals surface area (Å²) < 4.78 is 0.589. The Morgan fingerprint density at radius 3 is 2.72 bits per heavy atom. The molecule has 18 heavy (non-hydrogen) atoms. The van der Waals surface area contributed by atoms with E-state index in [0.29, 0.717) is 15.1 Å². The fraction of sp³-hybridized carbons (Fsp3) is 0.538. The molecule has 1 atom stereocenters. The minimum absolute atomic E-state index is 0.191. The Kier molecular flexibility index (Phi) is 4.62. The number of carbonyl (C=O) groups excluding carboxylic acids is 1. The van der Waals surface area contributed by atoms with E-state index in [4.69, 9.17) is 11.6 Å². The second kappa shape index (κ2) is 6.21. The first-order valence-corrected chi connectivity index (χ1v) is 7.36. The van der Waals surface area contributed by atoms with Crippen LogP contribution in [0.2, 0.25) is 4.34 Å². The molecule has 1 saturated carbocycles. The van der Waals surface area contributed by atoms with E-state index in [2.05, 4.69) is 11.4 Å². The Balaban J connectivity index is 1.98. The maximum atomic E-state index is 12.0. The molecule has 0 aromatic carbocycles. The molecule has 3 nitrogen and oxygen atoms in total. The van der Waals surface area contributed by atoms with Gasteiger partial charge in [-0.15, -0.1) is 11.3 Å². The van der Waals surface area contributed by atoms with E-state index >= 15 is 0 Å². The van der Waals surface area contributed by atoms with Crippen molar-refractivity contribution in [3.8, 4) is 6.07 Å². The van der Waals surface area contributed by atoms with Gasteiger partial charge in [0.15, 0.2) is 0 Å². The lowest BCUT2D eigenvalue weighted by Gasteiger charge is -2.26. The highest BCUT2D eigenvalue weighted by Crippen LogP contribution is 2.27. The van der Waals surface area contributed by atoms with Gasteiger partial charge in [-0.05, 0) is 30.9 Å². The van der Waals surface area contributed by atoms with Crippen molar-refractivity contribution in [2.75, 3.05) is 0 Å². The van der Waals surface area contributed by atoms with Gasteiger partial charge in [-0.1, -0.05) is 30.9 Å². The molecule has 1 aliphatic carbocycles. The summed E-state index contributed by atoms with van der Waals surface area (Å²) >= 11 is 7.04. The largest absolute Gasteiger partial charge is 0.335 e. The number of nitriles is 1. The molecule has 0 aliphatic heterocycles. The second-order valence-electron chi connectivity index (χ2n) is 4.58. The van der Waals surface area contributed by atoms with Crippen LogP contribution >= 0.6 is 22.9 Å². The van der Waals surface area contributed by atoms with Crippen LogP contribution in [0, 0.1) is 17.2 Å². The molecule has 0 bridgehead atoms. The summed E-state index contributed by atoms with van der Waals surface area (Å²) in [4.78, 5) is 12.5. The summed E-state index contributed by atoms with van der Waals surface area (Å²) in [5, 5.41) is 12.0. The van der Waals surface area contributed by atoms with Gasteiger partial charge in [0, 0.05) is 0 Å². The van der Waals surface area contributed by atoms with Gasteiger partial charge in [0.25, 0.3) is 5.91 Å². The lowest BCUT2D eigenvalue weighted by atomic mass is 9.84. The van der Waals surface area contributed by atoms with Gasteiger partial charge >= 0.3 is 0 Å². The van der Waals surface area contributed by atoms with E-state index in [0.717, 1.165) is 25.7 Å². The number of thiophene rings is 1. The van der Waals surface area contributed by atoms with E-state index in [1.54, 1.807) is 12.1 Å². The monoisotopic (exact) mass is 282 g/mol. The fourth-order valence-corrected chi connectivity index (χ4v) is 3.32. The molecule has 1 amide bonds. The zero-order valence-electron chi connectivity index (χ0n) is 9.99. The van der Waals surface area contributed by atoms with Gasteiger partial charge in [-0.2, -0.15) is 5.26 Å². The van der Waals surface area contributed by atoms with Crippen LogP contribution in [-0.2, 0) is 0 Å². The normalized spacial score (nSPS) is 18.0. The predicted molar refractivity (Wildman–Crippen MR) is 72.8 cm³/mol. The van der Waals surface area contributed by atoms with Crippen LogP contribution in [0.5, 0.6) is 0 Å². The van der Waals surface area contributed by atoms with E-state index in [-0.39, 0.29) is 11.9 Å². The quantitative estimate of drug-likeness (QED) is 0.921. The lowest BCUT2D eigenvalue weighted by Crippen LogP contribution is -2.39. The highest BCUT2D eigenvalue weighted by atomic mass is 35.5. The third-order valence-corrected chi connectivity index (χ3v) is 4.57. The maximum absolute atomic E-state index is 12.0. The van der Waals surface area contributed by atoms with Crippen molar-refractivity contribution >= 4 is 28.8 Å². The number of nitrogens with one attached hydrogen (secondary N) is 1. The summed E-state index contributed by atoms with van der Waals surface area (Å²) in [7, 11) is 0. The highest BCUT2D eigenvalue weighted by Gasteiger charge is 2.25. The van der Waals surface area contributed by atoms with Gasteiger partial charge in [-0.3, -0.25) is 4.79 Å². The van der Waals surface area contributed by atoms with Crippen LogP contribution in [0.1, 0.15) is 41.8 Å². The van der Waals surface area contributed by atoms with E-state index in [1.807, 2.05) is 0 Å². The first-order valence-electron chi connectivity index (χ1n) is 6.16. The molecule has 0 spiro atoms. The van der Waals surface area contributed by atoms with Crippen molar-refractivity contribution in [3.63, 3.8) is 0 Å². The minimum atomic E-state index is -0.376. The zero-order chi connectivity index (χ0) is 13.0. The molecule has 1 heterocycles. The number of rotatable bonds is 3. The third kappa shape index (κ3) is 3.24. The Bertz CT molecular complexity index is 460. The molecule has 1 unspecified atom stereocenters.